The van der Waals surface area contributed by atoms with Crippen LogP contribution >= 0.6 is 0 Å². The summed E-state index contributed by atoms with van der Waals surface area (Å²) in [5.41, 5.74) is 0. The quantitative estimate of drug-likeness (QED) is 0.301. The van der Waals surface area contributed by atoms with Crippen molar-refractivity contribution in [2.75, 3.05) is 0 Å². The summed E-state index contributed by atoms with van der Waals surface area (Å²) in [6, 6.07) is 3.50. The minimum absolute atomic E-state index is 0.117. The van der Waals surface area contributed by atoms with Gasteiger partial charge in [0.1, 0.15) is 24.7 Å². The van der Waals surface area contributed by atoms with Crippen LogP contribution in [-0.4, -0.2) is 11.9 Å². The van der Waals surface area contributed by atoms with Gasteiger partial charge in [0.05, 0.1) is 0 Å². The molecule has 0 amide bonds. The van der Waals surface area contributed by atoms with Crippen LogP contribution in [0.2, 0.25) is 0 Å². The maximum Gasteiger partial charge on any atom is 0.306 e. The second-order valence-corrected chi connectivity index (χ2v) is 7.97. The van der Waals surface area contributed by atoms with Crippen LogP contribution < -0.4 is 0 Å². The molecule has 0 aromatic carbocycles. The first kappa shape index (κ1) is 23.3. The summed E-state index contributed by atoms with van der Waals surface area (Å²) in [5.74, 6) is 2.05. The second-order valence-electron chi connectivity index (χ2n) is 7.97. The number of carbonyl (C=O) groups is 2. The van der Waals surface area contributed by atoms with Gasteiger partial charge in [-0.25, -0.2) is 0 Å². The lowest BCUT2D eigenvalue weighted by atomic mass is 10.1. The molecule has 0 unspecified atom stereocenters. The third-order valence-electron chi connectivity index (χ3n) is 4.29. The van der Waals surface area contributed by atoms with E-state index in [1.54, 1.807) is 12.1 Å². The van der Waals surface area contributed by atoms with Crippen molar-refractivity contribution in [1.29, 1.82) is 0 Å². The van der Waals surface area contributed by atoms with Crippen LogP contribution in [0.5, 0.6) is 0 Å². The molecule has 5 nitrogen and oxygen atoms in total. The Morgan fingerprint density at radius 1 is 0.778 bits per heavy atom. The molecule has 1 aromatic heterocycles. The molecule has 0 atom stereocenters. The largest absolute Gasteiger partial charge is 0.459 e. The molecule has 154 valence electrons. The molecule has 0 radical (unpaired) electrons. The lowest BCUT2D eigenvalue weighted by Crippen LogP contribution is -2.05. The van der Waals surface area contributed by atoms with Crippen LogP contribution in [0.3, 0.4) is 0 Å². The Morgan fingerprint density at radius 2 is 1.19 bits per heavy atom. The van der Waals surface area contributed by atoms with Crippen molar-refractivity contribution < 1.29 is 23.5 Å². The first-order valence-electron chi connectivity index (χ1n) is 10.3. The minimum Gasteiger partial charge on any atom is -0.459 e. The monoisotopic (exact) mass is 380 g/mol. The number of rotatable bonds is 14. The molecule has 0 aliphatic carbocycles. The van der Waals surface area contributed by atoms with E-state index in [1.165, 1.54) is 0 Å². The first-order chi connectivity index (χ1) is 12.9. The van der Waals surface area contributed by atoms with Gasteiger partial charge in [-0.1, -0.05) is 53.4 Å². The highest BCUT2D eigenvalue weighted by Crippen LogP contribution is 2.13. The van der Waals surface area contributed by atoms with Crippen molar-refractivity contribution >= 4 is 11.9 Å². The van der Waals surface area contributed by atoms with E-state index in [0.717, 1.165) is 38.5 Å². The smallest absolute Gasteiger partial charge is 0.306 e. The van der Waals surface area contributed by atoms with E-state index in [-0.39, 0.29) is 25.2 Å². The maximum atomic E-state index is 11.7. The highest BCUT2D eigenvalue weighted by Gasteiger charge is 2.09. The zero-order chi connectivity index (χ0) is 20.1. The van der Waals surface area contributed by atoms with Crippen molar-refractivity contribution in [2.24, 2.45) is 11.8 Å². The van der Waals surface area contributed by atoms with Gasteiger partial charge < -0.3 is 13.9 Å². The van der Waals surface area contributed by atoms with E-state index in [1.807, 2.05) is 0 Å². The Morgan fingerprint density at radius 3 is 1.56 bits per heavy atom. The summed E-state index contributed by atoms with van der Waals surface area (Å²) in [6.45, 7) is 8.94. The Labute approximate surface area is 163 Å². The standard InChI is InChI=1S/C22H36O5/c1-17(2)9-5-7-11-21(23)25-15-19-13-14-20(27-19)16-26-22(24)12-8-6-10-18(3)4/h13-14,17-18H,5-12,15-16H2,1-4H3. The second kappa shape index (κ2) is 13.4. The molecule has 0 aliphatic rings. The molecule has 1 heterocycles. The molecule has 0 saturated heterocycles. The number of carbonyl (C=O) groups excluding carboxylic acids is 2. The van der Waals surface area contributed by atoms with Crippen LogP contribution in [0.4, 0.5) is 0 Å². The topological polar surface area (TPSA) is 65.7 Å². The number of ether oxygens (including phenoxy) is 2. The highest BCUT2D eigenvalue weighted by atomic mass is 16.6. The van der Waals surface area contributed by atoms with Gasteiger partial charge in [-0.05, 0) is 36.8 Å². The first-order valence-corrected chi connectivity index (χ1v) is 10.3. The summed E-state index contributed by atoms with van der Waals surface area (Å²) < 4.78 is 16.0. The van der Waals surface area contributed by atoms with Crippen molar-refractivity contribution in [3.63, 3.8) is 0 Å². The van der Waals surface area contributed by atoms with Crippen molar-refractivity contribution in [3.8, 4) is 0 Å². The summed E-state index contributed by atoms with van der Waals surface area (Å²) in [5, 5.41) is 0. The molecule has 0 bridgehead atoms. The molecular formula is C22H36O5. The van der Waals surface area contributed by atoms with Crippen LogP contribution in [0.1, 0.15) is 90.6 Å². The van der Waals surface area contributed by atoms with Gasteiger partial charge in [0, 0.05) is 12.8 Å². The fraction of sp³-hybridized carbons (Fsp3) is 0.727. The fourth-order valence-electron chi connectivity index (χ4n) is 2.67. The zero-order valence-electron chi connectivity index (χ0n) is 17.4. The van der Waals surface area contributed by atoms with E-state index >= 15 is 0 Å². The van der Waals surface area contributed by atoms with Crippen molar-refractivity contribution in [3.05, 3.63) is 23.7 Å². The Kier molecular flexibility index (Phi) is 11.5. The van der Waals surface area contributed by atoms with Gasteiger partial charge in [-0.15, -0.1) is 0 Å². The maximum absolute atomic E-state index is 11.7. The predicted molar refractivity (Wildman–Crippen MR) is 105 cm³/mol. The van der Waals surface area contributed by atoms with Gasteiger partial charge in [0.2, 0.25) is 0 Å². The number of furan rings is 1. The van der Waals surface area contributed by atoms with Gasteiger partial charge in [-0.3, -0.25) is 9.59 Å². The van der Waals surface area contributed by atoms with E-state index in [4.69, 9.17) is 13.9 Å². The summed E-state index contributed by atoms with van der Waals surface area (Å²) >= 11 is 0. The molecule has 27 heavy (non-hydrogen) atoms. The molecule has 5 heteroatoms. The third-order valence-corrected chi connectivity index (χ3v) is 4.29. The predicted octanol–water partition coefficient (Wildman–Crippen LogP) is 5.80. The summed E-state index contributed by atoms with van der Waals surface area (Å²) in [7, 11) is 0. The van der Waals surface area contributed by atoms with Crippen LogP contribution in [-0.2, 0) is 32.3 Å². The van der Waals surface area contributed by atoms with E-state index in [0.29, 0.717) is 36.2 Å². The average molecular weight is 381 g/mol. The van der Waals surface area contributed by atoms with Crippen LogP contribution in [0.15, 0.2) is 16.5 Å². The lowest BCUT2D eigenvalue weighted by molar-refractivity contribution is -0.145. The molecular weight excluding hydrogens is 344 g/mol. The molecule has 1 rings (SSSR count). The van der Waals surface area contributed by atoms with E-state index in [2.05, 4.69) is 27.7 Å². The SMILES string of the molecule is CC(C)CCCCC(=O)OCc1ccc(COC(=O)CCCCC(C)C)o1. The molecule has 0 fully saturated rings. The number of hydrogen-bond donors (Lipinski definition) is 0. The third kappa shape index (κ3) is 12.3. The Hall–Kier alpha value is -1.78. The Bertz CT molecular complexity index is 498. The van der Waals surface area contributed by atoms with Crippen molar-refractivity contribution in [1.82, 2.24) is 0 Å². The normalized spacial score (nSPS) is 11.2. The highest BCUT2D eigenvalue weighted by molar-refractivity contribution is 5.69. The lowest BCUT2D eigenvalue weighted by Gasteiger charge is -2.05. The molecule has 0 N–H and O–H groups in total. The summed E-state index contributed by atoms with van der Waals surface area (Å²) in [4.78, 5) is 23.4. The van der Waals surface area contributed by atoms with Gasteiger partial charge in [0.15, 0.2) is 0 Å². The number of esters is 2. The van der Waals surface area contributed by atoms with Gasteiger partial charge >= 0.3 is 11.9 Å². The fourth-order valence-corrected chi connectivity index (χ4v) is 2.67. The van der Waals surface area contributed by atoms with Crippen molar-refractivity contribution in [2.45, 2.75) is 92.3 Å². The summed E-state index contributed by atoms with van der Waals surface area (Å²) in [6.07, 6.45) is 6.93. The van der Waals surface area contributed by atoms with E-state index < -0.39 is 0 Å². The van der Waals surface area contributed by atoms with E-state index in [9.17, 15) is 9.59 Å². The molecule has 0 saturated carbocycles. The minimum atomic E-state index is -0.204. The number of hydrogen-bond acceptors (Lipinski definition) is 5. The van der Waals surface area contributed by atoms with Gasteiger partial charge in [-0.2, -0.15) is 0 Å². The number of unbranched alkanes of at least 4 members (excludes halogenated alkanes) is 2. The Balaban J connectivity index is 2.16. The molecule has 0 aliphatic heterocycles. The zero-order valence-corrected chi connectivity index (χ0v) is 17.4. The average Bonchev–Trinajstić information content (AvgIpc) is 3.06. The van der Waals surface area contributed by atoms with Crippen LogP contribution in [0, 0.1) is 11.8 Å². The van der Waals surface area contributed by atoms with Crippen LogP contribution in [0.25, 0.3) is 0 Å². The molecule has 1 aromatic rings. The molecule has 0 spiro atoms. The van der Waals surface area contributed by atoms with Gasteiger partial charge in [0.25, 0.3) is 0 Å².